The summed E-state index contributed by atoms with van der Waals surface area (Å²) >= 11 is 7.52. The molecule has 1 N–H and O–H groups in total. The minimum Gasteiger partial charge on any atom is -0.258 e. The van der Waals surface area contributed by atoms with E-state index in [-0.39, 0.29) is 5.69 Å². The monoisotopic (exact) mass is 436 g/mol. The van der Waals surface area contributed by atoms with Crippen LogP contribution in [-0.4, -0.2) is 15.7 Å². The summed E-state index contributed by atoms with van der Waals surface area (Å²) in [6.45, 7) is 0. The Hall–Kier alpha value is -3.69. The van der Waals surface area contributed by atoms with Crippen LogP contribution in [0.25, 0.3) is 10.2 Å². The highest BCUT2D eigenvalue weighted by Gasteiger charge is 2.29. The van der Waals surface area contributed by atoms with Crippen LogP contribution in [0.15, 0.2) is 77.9 Å². The zero-order valence-electron chi connectivity index (χ0n) is 15.3. The first kappa shape index (κ1) is 18.3. The summed E-state index contributed by atoms with van der Waals surface area (Å²) in [5.74, 6) is 0.601. The van der Waals surface area contributed by atoms with Crippen LogP contribution >= 0.6 is 22.9 Å². The first-order valence-electron chi connectivity index (χ1n) is 8.90. The van der Waals surface area contributed by atoms with Gasteiger partial charge in [-0.3, -0.25) is 15.5 Å². The molecule has 5 rings (SSSR count). The van der Waals surface area contributed by atoms with E-state index in [1.807, 2.05) is 36.4 Å². The Balaban J connectivity index is 1.57. The molecule has 10 heteroatoms. The number of anilines is 2. The van der Waals surface area contributed by atoms with Gasteiger partial charge < -0.3 is 0 Å². The van der Waals surface area contributed by atoms with Gasteiger partial charge in [0, 0.05) is 22.7 Å². The molecule has 0 saturated heterocycles. The van der Waals surface area contributed by atoms with Crippen molar-refractivity contribution < 1.29 is 4.92 Å². The summed E-state index contributed by atoms with van der Waals surface area (Å²) in [6.07, 6.45) is 0. The normalized spacial score (nSPS) is 13.4. The number of nitrogens with zero attached hydrogens (tertiary/aromatic N) is 5. The van der Waals surface area contributed by atoms with Crippen LogP contribution in [0.5, 0.6) is 0 Å². The third kappa shape index (κ3) is 3.30. The van der Waals surface area contributed by atoms with Gasteiger partial charge in [-0.15, -0.1) is 15.3 Å². The van der Waals surface area contributed by atoms with Gasteiger partial charge in [-0.1, -0.05) is 35.1 Å². The maximum atomic E-state index is 11.0. The minimum absolute atomic E-state index is 0.0133. The number of benzene rings is 3. The van der Waals surface area contributed by atoms with E-state index in [4.69, 9.17) is 16.6 Å². The van der Waals surface area contributed by atoms with E-state index in [0.29, 0.717) is 21.7 Å². The molecule has 0 aliphatic carbocycles. The summed E-state index contributed by atoms with van der Waals surface area (Å²) < 4.78 is 1.04. The van der Waals surface area contributed by atoms with Crippen molar-refractivity contribution in [1.82, 2.24) is 10.4 Å². The molecule has 30 heavy (non-hydrogen) atoms. The van der Waals surface area contributed by atoms with E-state index in [2.05, 4.69) is 10.5 Å². The SMILES string of the molecule is O=[N+]([O-])c1ccc(N2N=C(c3ccc(Cl)cc3)NN2c2nc3ccccc3s2)cc1. The van der Waals surface area contributed by atoms with Crippen molar-refractivity contribution >= 4 is 55.5 Å². The predicted octanol–water partition coefficient (Wildman–Crippen LogP) is 4.97. The molecule has 0 radical (unpaired) electrons. The van der Waals surface area contributed by atoms with Gasteiger partial charge >= 0.3 is 0 Å². The Morgan fingerprint density at radius 2 is 1.73 bits per heavy atom. The molecule has 0 unspecified atom stereocenters. The van der Waals surface area contributed by atoms with Gasteiger partial charge in [-0.05, 0) is 48.5 Å². The number of hydrazone groups is 1. The Kier molecular flexibility index (Phi) is 4.46. The maximum Gasteiger partial charge on any atom is 0.269 e. The van der Waals surface area contributed by atoms with Crippen LogP contribution in [0.4, 0.5) is 16.5 Å². The molecule has 0 bridgehead atoms. The number of hydrogen-bond acceptors (Lipinski definition) is 8. The first-order valence-corrected chi connectivity index (χ1v) is 10.1. The lowest BCUT2D eigenvalue weighted by Crippen LogP contribution is -2.44. The van der Waals surface area contributed by atoms with E-state index >= 15 is 0 Å². The summed E-state index contributed by atoms with van der Waals surface area (Å²) in [7, 11) is 0. The lowest BCUT2D eigenvalue weighted by molar-refractivity contribution is -0.384. The number of hydrazine groups is 2. The molecule has 1 aromatic heterocycles. The van der Waals surface area contributed by atoms with Gasteiger partial charge in [0.2, 0.25) is 5.13 Å². The molecule has 0 atom stereocenters. The number of nitro benzene ring substituents is 1. The minimum atomic E-state index is -0.431. The van der Waals surface area contributed by atoms with Crippen LogP contribution in [0.3, 0.4) is 0 Å². The number of hydrogen-bond donors (Lipinski definition) is 1. The quantitative estimate of drug-likeness (QED) is 0.359. The predicted molar refractivity (Wildman–Crippen MR) is 119 cm³/mol. The third-order valence-electron chi connectivity index (χ3n) is 4.47. The summed E-state index contributed by atoms with van der Waals surface area (Å²) in [5.41, 5.74) is 5.65. The number of nitro groups is 1. The molecule has 0 spiro atoms. The van der Waals surface area contributed by atoms with E-state index < -0.39 is 4.92 Å². The number of amidine groups is 1. The van der Waals surface area contributed by atoms with Crippen molar-refractivity contribution in [2.45, 2.75) is 0 Å². The van der Waals surface area contributed by atoms with Gasteiger partial charge in [0.25, 0.3) is 5.69 Å². The Bertz CT molecular complexity index is 1240. The number of aromatic nitrogens is 1. The second-order valence-corrected chi connectivity index (χ2v) is 7.85. The lowest BCUT2D eigenvalue weighted by atomic mass is 10.2. The van der Waals surface area contributed by atoms with Crippen LogP contribution in [0.1, 0.15) is 5.56 Å². The molecule has 2 heterocycles. The summed E-state index contributed by atoms with van der Waals surface area (Å²) in [4.78, 5) is 15.3. The van der Waals surface area contributed by atoms with Gasteiger partial charge in [0.1, 0.15) is 0 Å². The van der Waals surface area contributed by atoms with E-state index in [0.717, 1.165) is 15.8 Å². The standard InChI is InChI=1S/C20H13ClN6O2S/c21-14-7-5-13(6-8-14)19-23-25(15-9-11-16(12-10-15)27(28)29)26(24-19)20-22-17-3-1-2-4-18(17)30-20/h1-12H,(H,23,24). The molecule has 148 valence electrons. The number of non-ortho nitro benzene ring substituents is 1. The zero-order valence-corrected chi connectivity index (χ0v) is 16.8. The molecular formula is C20H13ClN6O2S. The van der Waals surface area contributed by atoms with Gasteiger partial charge in [-0.2, -0.15) is 0 Å². The van der Waals surface area contributed by atoms with Crippen LogP contribution in [0, 0.1) is 10.1 Å². The van der Waals surface area contributed by atoms with Gasteiger partial charge in [-0.25, -0.2) is 4.98 Å². The highest BCUT2D eigenvalue weighted by atomic mass is 35.5. The fourth-order valence-electron chi connectivity index (χ4n) is 3.00. The molecule has 0 fully saturated rings. The van der Waals surface area contributed by atoms with Crippen LogP contribution < -0.4 is 15.7 Å². The molecule has 1 aliphatic heterocycles. The second kappa shape index (κ2) is 7.29. The molecule has 4 aromatic rings. The number of fused-ring (bicyclic) bond motifs is 1. The van der Waals surface area contributed by atoms with Crippen molar-refractivity contribution in [3.63, 3.8) is 0 Å². The van der Waals surface area contributed by atoms with Gasteiger partial charge in [0.15, 0.2) is 5.84 Å². The Morgan fingerprint density at radius 3 is 2.43 bits per heavy atom. The molecule has 3 aromatic carbocycles. The van der Waals surface area contributed by atoms with E-state index in [1.54, 1.807) is 34.5 Å². The summed E-state index contributed by atoms with van der Waals surface area (Å²) in [5, 5.41) is 20.3. The molecule has 0 amide bonds. The number of para-hydroxylation sites is 1. The molecule has 8 nitrogen and oxygen atoms in total. The first-order chi connectivity index (χ1) is 14.6. The number of halogens is 1. The maximum absolute atomic E-state index is 11.0. The summed E-state index contributed by atoms with van der Waals surface area (Å²) in [6, 6.07) is 21.3. The molecule has 0 saturated carbocycles. The number of thiazole rings is 1. The lowest BCUT2D eigenvalue weighted by Gasteiger charge is -2.25. The van der Waals surface area contributed by atoms with Crippen molar-refractivity contribution in [3.05, 3.63) is 93.5 Å². The van der Waals surface area contributed by atoms with E-state index in [9.17, 15) is 10.1 Å². The highest BCUT2D eigenvalue weighted by molar-refractivity contribution is 7.22. The molecular weight excluding hydrogens is 424 g/mol. The smallest absolute Gasteiger partial charge is 0.258 e. The zero-order chi connectivity index (χ0) is 20.7. The number of nitrogens with one attached hydrogen (secondary N) is 1. The third-order valence-corrected chi connectivity index (χ3v) is 5.73. The van der Waals surface area contributed by atoms with Crippen molar-refractivity contribution in [2.24, 2.45) is 5.10 Å². The fourth-order valence-corrected chi connectivity index (χ4v) is 4.04. The average Bonchev–Trinajstić information content (AvgIpc) is 3.39. The Labute approximate surface area is 179 Å². The fraction of sp³-hybridized carbons (Fsp3) is 0. The van der Waals surface area contributed by atoms with Crippen molar-refractivity contribution in [2.75, 3.05) is 10.2 Å². The topological polar surface area (TPSA) is 86.9 Å². The Morgan fingerprint density at radius 1 is 1.00 bits per heavy atom. The molecule has 1 aliphatic rings. The largest absolute Gasteiger partial charge is 0.269 e. The van der Waals surface area contributed by atoms with Crippen LogP contribution in [-0.2, 0) is 0 Å². The van der Waals surface area contributed by atoms with Gasteiger partial charge in [0.05, 0.1) is 20.8 Å². The number of rotatable bonds is 4. The van der Waals surface area contributed by atoms with Crippen molar-refractivity contribution in [3.8, 4) is 0 Å². The second-order valence-electron chi connectivity index (χ2n) is 6.41. The van der Waals surface area contributed by atoms with Crippen molar-refractivity contribution in [1.29, 1.82) is 0 Å². The van der Waals surface area contributed by atoms with Crippen LogP contribution in [0.2, 0.25) is 5.02 Å². The highest BCUT2D eigenvalue weighted by Crippen LogP contribution is 2.33. The average molecular weight is 437 g/mol. The van der Waals surface area contributed by atoms with E-state index in [1.165, 1.54) is 23.5 Å².